The zero-order valence-corrected chi connectivity index (χ0v) is 15.7. The molecule has 1 aliphatic heterocycles. The highest BCUT2D eigenvalue weighted by molar-refractivity contribution is 5.92. The molecule has 1 aliphatic rings. The fraction of sp³-hybridized carbons (Fsp3) is 0.261. The van der Waals surface area contributed by atoms with Gasteiger partial charge in [0.15, 0.2) is 0 Å². The Morgan fingerprint density at radius 2 is 1.54 bits per heavy atom. The van der Waals surface area contributed by atoms with E-state index in [4.69, 9.17) is 0 Å². The van der Waals surface area contributed by atoms with Crippen LogP contribution < -0.4 is 5.56 Å². The van der Waals surface area contributed by atoms with Crippen LogP contribution in [-0.2, 0) is 6.42 Å². The average Bonchev–Trinajstić information content (AvgIpc) is 2.75. The lowest BCUT2D eigenvalue weighted by Crippen LogP contribution is -2.40. The van der Waals surface area contributed by atoms with Gasteiger partial charge in [-0.25, -0.2) is 0 Å². The van der Waals surface area contributed by atoms with E-state index in [1.807, 2.05) is 29.2 Å². The van der Waals surface area contributed by atoms with E-state index >= 15 is 0 Å². The van der Waals surface area contributed by atoms with Crippen LogP contribution in [-0.4, -0.2) is 33.7 Å². The molecule has 0 radical (unpaired) electrons. The fourth-order valence-corrected chi connectivity index (χ4v) is 3.73. The number of rotatable bonds is 4. The molecule has 142 valence electrons. The van der Waals surface area contributed by atoms with Crippen LogP contribution in [0.3, 0.4) is 0 Å². The molecular weight excluding hydrogens is 350 g/mol. The van der Waals surface area contributed by atoms with Crippen LogP contribution >= 0.6 is 0 Å². The summed E-state index contributed by atoms with van der Waals surface area (Å²) in [6, 6.07) is 22.6. The Morgan fingerprint density at radius 1 is 0.893 bits per heavy atom. The smallest absolute Gasteiger partial charge is 0.274 e. The summed E-state index contributed by atoms with van der Waals surface area (Å²) in [6.45, 7) is 1.45. The van der Waals surface area contributed by atoms with Gasteiger partial charge in [0.2, 0.25) is 0 Å². The highest BCUT2D eigenvalue weighted by Crippen LogP contribution is 2.22. The molecule has 2 heterocycles. The summed E-state index contributed by atoms with van der Waals surface area (Å²) >= 11 is 0. The summed E-state index contributed by atoms with van der Waals surface area (Å²) in [7, 11) is 0. The van der Waals surface area contributed by atoms with Crippen molar-refractivity contribution in [2.75, 3.05) is 13.1 Å². The zero-order valence-electron chi connectivity index (χ0n) is 15.7. The van der Waals surface area contributed by atoms with Gasteiger partial charge in [-0.15, -0.1) is 0 Å². The standard InChI is InChI=1S/C23H23N3O2/c27-22-12-11-21(24-26(22)20-9-5-2-6-10-20)23(28)25-15-13-19(14-16-25)17-18-7-3-1-4-8-18/h1-12,19H,13-17H2. The number of nitrogens with zero attached hydrogens (tertiary/aromatic N) is 3. The van der Waals surface area contributed by atoms with Crippen LogP contribution in [0.15, 0.2) is 77.6 Å². The molecule has 28 heavy (non-hydrogen) atoms. The second-order valence-electron chi connectivity index (χ2n) is 7.23. The number of hydrogen-bond donors (Lipinski definition) is 0. The quantitative estimate of drug-likeness (QED) is 0.705. The minimum Gasteiger partial charge on any atom is -0.337 e. The van der Waals surface area contributed by atoms with E-state index in [0.717, 1.165) is 32.4 Å². The Labute approximate surface area is 164 Å². The number of benzene rings is 2. The lowest BCUT2D eigenvalue weighted by Gasteiger charge is -2.32. The second kappa shape index (κ2) is 8.21. The maximum atomic E-state index is 12.9. The van der Waals surface area contributed by atoms with E-state index in [9.17, 15) is 9.59 Å². The van der Waals surface area contributed by atoms with E-state index in [-0.39, 0.29) is 11.5 Å². The third-order valence-corrected chi connectivity index (χ3v) is 5.29. The molecule has 0 unspecified atom stereocenters. The summed E-state index contributed by atoms with van der Waals surface area (Å²) in [5.74, 6) is 0.487. The second-order valence-corrected chi connectivity index (χ2v) is 7.23. The molecule has 5 nitrogen and oxygen atoms in total. The number of carbonyl (C=O) groups excluding carboxylic acids is 1. The number of hydrogen-bond acceptors (Lipinski definition) is 3. The maximum Gasteiger partial charge on any atom is 0.274 e. The molecule has 3 aromatic rings. The van der Waals surface area contributed by atoms with Gasteiger partial charge in [0.1, 0.15) is 5.69 Å². The lowest BCUT2D eigenvalue weighted by atomic mass is 9.90. The largest absolute Gasteiger partial charge is 0.337 e. The van der Waals surface area contributed by atoms with Crippen LogP contribution in [0, 0.1) is 5.92 Å². The Morgan fingerprint density at radius 3 is 2.21 bits per heavy atom. The predicted molar refractivity (Wildman–Crippen MR) is 109 cm³/mol. The minimum absolute atomic E-state index is 0.108. The van der Waals surface area contributed by atoms with E-state index < -0.39 is 0 Å². The van der Waals surface area contributed by atoms with Crippen LogP contribution in [0.1, 0.15) is 28.9 Å². The summed E-state index contributed by atoms with van der Waals surface area (Å²) in [5.41, 5.74) is 2.07. The SMILES string of the molecule is O=C(c1ccc(=O)n(-c2ccccc2)n1)N1CCC(Cc2ccccc2)CC1. The van der Waals surface area contributed by atoms with Gasteiger partial charge in [-0.3, -0.25) is 9.59 Å². The van der Waals surface area contributed by atoms with Crippen LogP contribution in [0.25, 0.3) is 5.69 Å². The predicted octanol–water partition coefficient (Wildman–Crippen LogP) is 3.33. The first-order valence-electron chi connectivity index (χ1n) is 9.70. The van der Waals surface area contributed by atoms with Crippen molar-refractivity contribution in [1.82, 2.24) is 14.7 Å². The van der Waals surface area contributed by atoms with Gasteiger partial charge in [0.05, 0.1) is 5.69 Å². The molecule has 2 aromatic carbocycles. The van der Waals surface area contributed by atoms with Crippen molar-refractivity contribution in [2.24, 2.45) is 5.92 Å². The molecule has 0 atom stereocenters. The average molecular weight is 373 g/mol. The van der Waals surface area contributed by atoms with Gasteiger partial charge in [-0.2, -0.15) is 9.78 Å². The number of aromatic nitrogens is 2. The monoisotopic (exact) mass is 373 g/mol. The first kappa shape index (κ1) is 18.2. The number of piperidine rings is 1. The summed E-state index contributed by atoms with van der Waals surface area (Å²) in [6.07, 6.45) is 3.03. The van der Waals surface area contributed by atoms with Crippen LogP contribution in [0.2, 0.25) is 0 Å². The molecule has 0 aliphatic carbocycles. The molecule has 0 N–H and O–H groups in total. The third kappa shape index (κ3) is 4.03. The van der Waals surface area contributed by atoms with Crippen molar-refractivity contribution in [1.29, 1.82) is 0 Å². The van der Waals surface area contributed by atoms with E-state index in [1.54, 1.807) is 12.1 Å². The zero-order chi connectivity index (χ0) is 19.3. The van der Waals surface area contributed by atoms with Crippen molar-refractivity contribution >= 4 is 5.91 Å². The van der Waals surface area contributed by atoms with Gasteiger partial charge >= 0.3 is 0 Å². The van der Waals surface area contributed by atoms with Gasteiger partial charge in [0.25, 0.3) is 11.5 Å². The van der Waals surface area contributed by atoms with E-state index in [0.29, 0.717) is 17.3 Å². The normalized spacial score (nSPS) is 14.8. The maximum absolute atomic E-state index is 12.9. The topological polar surface area (TPSA) is 55.2 Å². The molecule has 1 fully saturated rings. The lowest BCUT2D eigenvalue weighted by molar-refractivity contribution is 0.0682. The number of amides is 1. The van der Waals surface area contributed by atoms with Crippen molar-refractivity contribution in [3.8, 4) is 5.69 Å². The molecule has 0 spiro atoms. The molecule has 0 saturated carbocycles. The summed E-state index contributed by atoms with van der Waals surface area (Å²) < 4.78 is 1.29. The molecule has 1 amide bonds. The fourth-order valence-electron chi connectivity index (χ4n) is 3.73. The Bertz CT molecular complexity index is 991. The Hall–Kier alpha value is -3.21. The van der Waals surface area contributed by atoms with Crippen LogP contribution in [0.5, 0.6) is 0 Å². The molecule has 1 saturated heterocycles. The number of carbonyl (C=O) groups is 1. The van der Waals surface area contributed by atoms with Crippen molar-refractivity contribution in [3.05, 3.63) is 94.4 Å². The molecule has 5 heteroatoms. The van der Waals surface area contributed by atoms with E-state index in [2.05, 4.69) is 29.4 Å². The minimum atomic E-state index is -0.246. The van der Waals surface area contributed by atoms with Crippen molar-refractivity contribution in [2.45, 2.75) is 19.3 Å². The number of para-hydroxylation sites is 1. The Balaban J connectivity index is 1.44. The van der Waals surface area contributed by atoms with Crippen molar-refractivity contribution < 1.29 is 4.79 Å². The third-order valence-electron chi connectivity index (χ3n) is 5.29. The van der Waals surface area contributed by atoms with E-state index in [1.165, 1.54) is 22.4 Å². The van der Waals surface area contributed by atoms with Gasteiger partial charge in [-0.1, -0.05) is 48.5 Å². The van der Waals surface area contributed by atoms with Gasteiger partial charge in [-0.05, 0) is 48.9 Å². The van der Waals surface area contributed by atoms with Crippen molar-refractivity contribution in [3.63, 3.8) is 0 Å². The van der Waals surface area contributed by atoms with Gasteiger partial charge < -0.3 is 4.90 Å². The van der Waals surface area contributed by atoms with Crippen LogP contribution in [0.4, 0.5) is 0 Å². The first-order chi connectivity index (χ1) is 13.7. The van der Waals surface area contributed by atoms with Gasteiger partial charge in [0, 0.05) is 19.2 Å². The molecule has 1 aromatic heterocycles. The highest BCUT2D eigenvalue weighted by atomic mass is 16.2. The highest BCUT2D eigenvalue weighted by Gasteiger charge is 2.25. The number of likely N-dealkylation sites (tertiary alicyclic amines) is 1. The summed E-state index contributed by atoms with van der Waals surface area (Å²) in [5, 5.41) is 4.32. The Kier molecular flexibility index (Phi) is 5.33. The molecule has 4 rings (SSSR count). The molecular formula is C23H23N3O2. The molecule has 0 bridgehead atoms. The first-order valence-corrected chi connectivity index (χ1v) is 9.70. The summed E-state index contributed by atoms with van der Waals surface area (Å²) in [4.78, 5) is 26.9.